The van der Waals surface area contributed by atoms with Crippen molar-refractivity contribution in [2.75, 3.05) is 0 Å². The first-order valence-corrected chi connectivity index (χ1v) is 6.91. The van der Waals surface area contributed by atoms with E-state index in [1.807, 2.05) is 0 Å². The summed E-state index contributed by atoms with van der Waals surface area (Å²) >= 11 is 6.43. The van der Waals surface area contributed by atoms with Crippen LogP contribution in [0.25, 0.3) is 0 Å². The summed E-state index contributed by atoms with van der Waals surface area (Å²) in [5.74, 6) is 0.916. The molecule has 0 saturated carbocycles. The summed E-state index contributed by atoms with van der Waals surface area (Å²) < 4.78 is 0. The predicted octanol–water partition coefficient (Wildman–Crippen LogP) is 5.35. The predicted molar refractivity (Wildman–Crippen MR) is 78.0 cm³/mol. The highest BCUT2D eigenvalue weighted by molar-refractivity contribution is 6.21. The van der Waals surface area contributed by atoms with Gasteiger partial charge in [0, 0.05) is 5.38 Å². The van der Waals surface area contributed by atoms with Gasteiger partial charge in [0.1, 0.15) is 0 Å². The molecule has 2 unspecified atom stereocenters. The first-order valence-electron chi connectivity index (χ1n) is 6.48. The molecule has 17 heavy (non-hydrogen) atoms. The highest BCUT2D eigenvalue weighted by atomic mass is 35.5. The standard InChI is InChI=1S/C16H25Cl/c1-11(2)15(17)12(3)13-7-9-14(10-8-13)16(4,5)6/h7-12,15H,1-6H3. The van der Waals surface area contributed by atoms with E-state index in [0.29, 0.717) is 11.8 Å². The van der Waals surface area contributed by atoms with E-state index in [1.54, 1.807) is 0 Å². The van der Waals surface area contributed by atoms with Crippen LogP contribution in [0.3, 0.4) is 0 Å². The molecule has 1 rings (SSSR count). The summed E-state index contributed by atoms with van der Waals surface area (Å²) in [4.78, 5) is 0. The molecule has 0 fully saturated rings. The second-order valence-corrected chi connectivity index (χ2v) is 6.85. The van der Waals surface area contributed by atoms with Gasteiger partial charge < -0.3 is 0 Å². The molecule has 1 aromatic rings. The van der Waals surface area contributed by atoms with Gasteiger partial charge in [-0.05, 0) is 28.4 Å². The Morgan fingerprint density at radius 2 is 1.41 bits per heavy atom. The maximum absolute atomic E-state index is 6.43. The summed E-state index contributed by atoms with van der Waals surface area (Å²) in [6.45, 7) is 13.3. The second kappa shape index (κ2) is 5.44. The van der Waals surface area contributed by atoms with Gasteiger partial charge in [0.05, 0.1) is 0 Å². The van der Waals surface area contributed by atoms with Crippen LogP contribution in [0.5, 0.6) is 0 Å². The van der Waals surface area contributed by atoms with E-state index in [-0.39, 0.29) is 10.8 Å². The molecule has 0 nitrogen and oxygen atoms in total. The van der Waals surface area contributed by atoms with E-state index in [9.17, 15) is 0 Å². The van der Waals surface area contributed by atoms with Gasteiger partial charge in [-0.1, -0.05) is 65.8 Å². The smallest absolute Gasteiger partial charge is 0.0424 e. The normalized spacial score (nSPS) is 16.0. The molecule has 0 aromatic heterocycles. The number of hydrogen-bond acceptors (Lipinski definition) is 0. The lowest BCUT2D eigenvalue weighted by Gasteiger charge is -2.24. The van der Waals surface area contributed by atoms with Crippen LogP contribution in [-0.4, -0.2) is 5.38 Å². The third-order valence-electron chi connectivity index (χ3n) is 3.42. The third kappa shape index (κ3) is 3.74. The van der Waals surface area contributed by atoms with Crippen molar-refractivity contribution in [2.45, 2.75) is 58.3 Å². The topological polar surface area (TPSA) is 0 Å². The molecule has 0 aliphatic carbocycles. The fraction of sp³-hybridized carbons (Fsp3) is 0.625. The molecule has 0 aliphatic heterocycles. The van der Waals surface area contributed by atoms with Crippen molar-refractivity contribution in [2.24, 2.45) is 5.92 Å². The summed E-state index contributed by atoms with van der Waals surface area (Å²) in [5, 5.41) is 0.204. The molecular weight excluding hydrogens is 228 g/mol. The lowest BCUT2D eigenvalue weighted by molar-refractivity contribution is 0.532. The third-order valence-corrected chi connectivity index (χ3v) is 4.30. The van der Waals surface area contributed by atoms with Crippen LogP contribution < -0.4 is 0 Å². The lowest BCUT2D eigenvalue weighted by atomic mass is 9.84. The fourth-order valence-electron chi connectivity index (χ4n) is 2.05. The molecule has 1 heteroatoms. The zero-order chi connectivity index (χ0) is 13.2. The van der Waals surface area contributed by atoms with Crippen molar-refractivity contribution in [3.63, 3.8) is 0 Å². The largest absolute Gasteiger partial charge is 0.122 e. The maximum Gasteiger partial charge on any atom is 0.0424 e. The fourth-order valence-corrected chi connectivity index (χ4v) is 2.19. The van der Waals surface area contributed by atoms with Gasteiger partial charge in [0.15, 0.2) is 0 Å². The Hall–Kier alpha value is -0.490. The number of hydrogen-bond donors (Lipinski definition) is 0. The zero-order valence-electron chi connectivity index (χ0n) is 11.9. The molecule has 0 saturated heterocycles. The number of rotatable bonds is 3. The summed E-state index contributed by atoms with van der Waals surface area (Å²) in [6.07, 6.45) is 0. The molecule has 0 aliphatic rings. The van der Waals surface area contributed by atoms with Gasteiger partial charge in [0.2, 0.25) is 0 Å². The van der Waals surface area contributed by atoms with Crippen molar-refractivity contribution in [1.29, 1.82) is 0 Å². The number of halogens is 1. The highest BCUT2D eigenvalue weighted by Crippen LogP contribution is 2.30. The van der Waals surface area contributed by atoms with E-state index in [1.165, 1.54) is 11.1 Å². The van der Waals surface area contributed by atoms with Crippen LogP contribution >= 0.6 is 11.6 Å². The minimum Gasteiger partial charge on any atom is -0.122 e. The van der Waals surface area contributed by atoms with E-state index < -0.39 is 0 Å². The van der Waals surface area contributed by atoms with Crippen LogP contribution in [-0.2, 0) is 5.41 Å². The van der Waals surface area contributed by atoms with Gasteiger partial charge in [-0.2, -0.15) is 0 Å². The van der Waals surface area contributed by atoms with Crippen molar-refractivity contribution in [3.8, 4) is 0 Å². The van der Waals surface area contributed by atoms with Crippen molar-refractivity contribution in [3.05, 3.63) is 35.4 Å². The molecule has 96 valence electrons. The Bertz CT molecular complexity index is 343. The van der Waals surface area contributed by atoms with Crippen molar-refractivity contribution in [1.82, 2.24) is 0 Å². The van der Waals surface area contributed by atoms with E-state index in [2.05, 4.69) is 65.8 Å². The minimum atomic E-state index is 0.204. The van der Waals surface area contributed by atoms with Crippen LogP contribution in [0, 0.1) is 5.92 Å². The van der Waals surface area contributed by atoms with E-state index in [4.69, 9.17) is 11.6 Å². The Balaban J connectivity index is 2.88. The quantitative estimate of drug-likeness (QED) is 0.636. The Morgan fingerprint density at radius 3 is 1.76 bits per heavy atom. The minimum absolute atomic E-state index is 0.204. The van der Waals surface area contributed by atoms with Gasteiger partial charge in [-0.3, -0.25) is 0 Å². The SMILES string of the molecule is CC(C)C(Cl)C(C)c1ccc(C(C)(C)C)cc1. The summed E-state index contributed by atoms with van der Waals surface area (Å²) in [5.41, 5.74) is 2.94. The molecule has 2 atom stereocenters. The van der Waals surface area contributed by atoms with Crippen molar-refractivity contribution < 1.29 is 0 Å². The van der Waals surface area contributed by atoms with Crippen molar-refractivity contribution >= 4 is 11.6 Å². The van der Waals surface area contributed by atoms with Crippen LogP contribution in [0.2, 0.25) is 0 Å². The first-order chi connectivity index (χ1) is 7.73. The molecule has 0 spiro atoms. The lowest BCUT2D eigenvalue weighted by Crippen LogP contribution is -2.17. The van der Waals surface area contributed by atoms with Crippen LogP contribution in [0.4, 0.5) is 0 Å². The Kier molecular flexibility index (Phi) is 4.66. The van der Waals surface area contributed by atoms with Gasteiger partial charge >= 0.3 is 0 Å². The summed E-state index contributed by atoms with van der Waals surface area (Å²) in [6, 6.07) is 8.91. The van der Waals surface area contributed by atoms with Crippen LogP contribution in [0.15, 0.2) is 24.3 Å². The summed E-state index contributed by atoms with van der Waals surface area (Å²) in [7, 11) is 0. The maximum atomic E-state index is 6.43. The zero-order valence-corrected chi connectivity index (χ0v) is 12.7. The molecule has 0 radical (unpaired) electrons. The highest BCUT2D eigenvalue weighted by Gasteiger charge is 2.20. The average Bonchev–Trinajstić information content (AvgIpc) is 2.26. The molecule has 0 bridgehead atoms. The van der Waals surface area contributed by atoms with Gasteiger partial charge in [-0.15, -0.1) is 11.6 Å². The second-order valence-electron chi connectivity index (χ2n) is 6.35. The monoisotopic (exact) mass is 252 g/mol. The Labute approximate surface area is 111 Å². The molecule has 0 N–H and O–H groups in total. The van der Waals surface area contributed by atoms with Gasteiger partial charge in [-0.25, -0.2) is 0 Å². The van der Waals surface area contributed by atoms with E-state index in [0.717, 1.165) is 0 Å². The number of benzene rings is 1. The number of alkyl halides is 1. The van der Waals surface area contributed by atoms with E-state index >= 15 is 0 Å². The molecule has 0 heterocycles. The Morgan fingerprint density at radius 1 is 0.941 bits per heavy atom. The molecule has 1 aromatic carbocycles. The molecular formula is C16H25Cl. The van der Waals surface area contributed by atoms with Crippen LogP contribution in [0.1, 0.15) is 58.6 Å². The molecule has 0 amide bonds. The van der Waals surface area contributed by atoms with Gasteiger partial charge in [0.25, 0.3) is 0 Å². The average molecular weight is 253 g/mol. The first kappa shape index (κ1) is 14.6.